The smallest absolute Gasteiger partial charge is 0.303 e. The van der Waals surface area contributed by atoms with Crippen molar-refractivity contribution in [2.75, 3.05) is 6.61 Å². The molecule has 3 nitrogen and oxygen atoms in total. The zero-order valence-corrected chi connectivity index (χ0v) is 10.5. The third-order valence-corrected chi connectivity index (χ3v) is 3.32. The second-order valence-electron chi connectivity index (χ2n) is 4.42. The number of carboxylic acids is 1. The highest BCUT2D eigenvalue weighted by atomic mass is 35.5. The van der Waals surface area contributed by atoms with Crippen LogP contribution in [0.25, 0.3) is 0 Å². The first-order valence-corrected chi connectivity index (χ1v) is 6.12. The van der Waals surface area contributed by atoms with Crippen LogP contribution < -0.4 is 4.74 Å². The molecule has 0 aromatic heterocycles. The Balaban J connectivity index is 2.22. The zero-order valence-electron chi connectivity index (χ0n) is 9.70. The Labute approximate surface area is 105 Å². The van der Waals surface area contributed by atoms with Crippen LogP contribution in [0.2, 0.25) is 5.02 Å². The first-order chi connectivity index (χ1) is 8.08. The van der Waals surface area contributed by atoms with Gasteiger partial charge in [0.05, 0.1) is 6.61 Å². The molecule has 0 aliphatic carbocycles. The molecular formula is C13H15ClO3. The molecule has 92 valence electrons. The van der Waals surface area contributed by atoms with E-state index in [2.05, 4.69) is 0 Å². The van der Waals surface area contributed by atoms with Crippen molar-refractivity contribution in [3.05, 3.63) is 28.3 Å². The molecule has 0 saturated carbocycles. The maximum absolute atomic E-state index is 10.6. The normalized spacial score (nSPS) is 15.2. The summed E-state index contributed by atoms with van der Waals surface area (Å²) < 4.78 is 5.61. The van der Waals surface area contributed by atoms with Crippen molar-refractivity contribution in [1.82, 2.24) is 0 Å². The number of carboxylic acid groups (broad SMARTS) is 1. The second kappa shape index (κ2) is 4.96. The molecule has 0 radical (unpaired) electrons. The molecule has 17 heavy (non-hydrogen) atoms. The minimum Gasteiger partial charge on any atom is -0.493 e. The van der Waals surface area contributed by atoms with E-state index in [1.165, 1.54) is 0 Å². The molecule has 0 bridgehead atoms. The fourth-order valence-corrected chi connectivity index (χ4v) is 2.41. The molecule has 2 rings (SSSR count). The third-order valence-electron chi connectivity index (χ3n) is 3.10. The van der Waals surface area contributed by atoms with Crippen molar-refractivity contribution >= 4 is 17.6 Å². The number of aliphatic carboxylic acids is 1. The van der Waals surface area contributed by atoms with Gasteiger partial charge in [-0.05, 0) is 35.6 Å². The quantitative estimate of drug-likeness (QED) is 0.897. The van der Waals surface area contributed by atoms with Crippen LogP contribution in [0.3, 0.4) is 0 Å². The van der Waals surface area contributed by atoms with Crippen molar-refractivity contribution in [2.24, 2.45) is 0 Å². The Hall–Kier alpha value is -1.22. The molecule has 1 N–H and O–H groups in total. The van der Waals surface area contributed by atoms with Crippen molar-refractivity contribution < 1.29 is 14.6 Å². The van der Waals surface area contributed by atoms with Crippen LogP contribution in [0, 0.1) is 0 Å². The summed E-state index contributed by atoms with van der Waals surface area (Å²) in [5, 5.41) is 9.40. The van der Waals surface area contributed by atoms with Gasteiger partial charge in [0.25, 0.3) is 0 Å². The summed E-state index contributed by atoms with van der Waals surface area (Å²) in [4.78, 5) is 10.6. The fourth-order valence-electron chi connectivity index (χ4n) is 2.16. The molecule has 0 amide bonds. The summed E-state index contributed by atoms with van der Waals surface area (Å²) in [5.74, 6) is 0.292. The molecule has 1 aliphatic heterocycles. The second-order valence-corrected chi connectivity index (χ2v) is 4.85. The number of rotatable bonds is 4. The lowest BCUT2D eigenvalue weighted by molar-refractivity contribution is -0.137. The summed E-state index contributed by atoms with van der Waals surface area (Å²) in [6, 6.07) is 3.82. The standard InChI is InChI=1S/C13H15ClO3/c1-8(2-3-12(15)16)11-7-10(14)6-9-4-5-17-13(9)11/h6-8H,2-5H2,1H3,(H,15,16). The topological polar surface area (TPSA) is 46.5 Å². The Morgan fingerprint density at radius 1 is 1.59 bits per heavy atom. The molecule has 1 atom stereocenters. The first kappa shape index (κ1) is 12.2. The Kier molecular flexibility index (Phi) is 3.57. The maximum Gasteiger partial charge on any atom is 0.303 e. The molecule has 1 unspecified atom stereocenters. The van der Waals surface area contributed by atoms with E-state index in [0.29, 0.717) is 18.1 Å². The molecule has 0 saturated heterocycles. The molecule has 0 fully saturated rings. The van der Waals surface area contributed by atoms with Gasteiger partial charge >= 0.3 is 5.97 Å². The number of benzene rings is 1. The molecule has 4 heteroatoms. The average Bonchev–Trinajstić information content (AvgIpc) is 2.72. The lowest BCUT2D eigenvalue weighted by atomic mass is 9.93. The average molecular weight is 255 g/mol. The Morgan fingerprint density at radius 3 is 3.06 bits per heavy atom. The van der Waals surface area contributed by atoms with Gasteiger partial charge in [-0.1, -0.05) is 18.5 Å². The number of fused-ring (bicyclic) bond motifs is 1. The zero-order chi connectivity index (χ0) is 12.4. The van der Waals surface area contributed by atoms with Gasteiger partial charge in [0.2, 0.25) is 0 Å². The maximum atomic E-state index is 10.6. The van der Waals surface area contributed by atoms with Crippen molar-refractivity contribution in [3.8, 4) is 5.75 Å². The van der Waals surface area contributed by atoms with Gasteiger partial charge in [-0.3, -0.25) is 4.79 Å². The summed E-state index contributed by atoms with van der Waals surface area (Å²) in [6.45, 7) is 2.70. The Morgan fingerprint density at radius 2 is 2.35 bits per heavy atom. The van der Waals surface area contributed by atoms with Gasteiger partial charge in [-0.2, -0.15) is 0 Å². The number of ether oxygens (including phenoxy) is 1. The van der Waals surface area contributed by atoms with Gasteiger partial charge in [0.15, 0.2) is 0 Å². The summed E-state index contributed by atoms with van der Waals surface area (Å²) in [6.07, 6.45) is 1.66. The molecule has 1 aromatic carbocycles. The highest BCUT2D eigenvalue weighted by Crippen LogP contribution is 2.38. The highest BCUT2D eigenvalue weighted by molar-refractivity contribution is 6.30. The van der Waals surface area contributed by atoms with Crippen molar-refractivity contribution in [2.45, 2.75) is 32.1 Å². The third kappa shape index (κ3) is 2.72. The van der Waals surface area contributed by atoms with E-state index >= 15 is 0 Å². The van der Waals surface area contributed by atoms with Crippen LogP contribution in [0.15, 0.2) is 12.1 Å². The molecule has 1 heterocycles. The monoisotopic (exact) mass is 254 g/mol. The Bertz CT molecular complexity index is 443. The first-order valence-electron chi connectivity index (χ1n) is 5.75. The van der Waals surface area contributed by atoms with Gasteiger partial charge in [-0.25, -0.2) is 0 Å². The SMILES string of the molecule is CC(CCC(=O)O)c1cc(Cl)cc2c1OCC2. The van der Waals surface area contributed by atoms with Crippen molar-refractivity contribution in [3.63, 3.8) is 0 Å². The summed E-state index contributed by atoms with van der Waals surface area (Å²) in [5.41, 5.74) is 2.17. The largest absolute Gasteiger partial charge is 0.493 e. The molecule has 1 aromatic rings. The molecular weight excluding hydrogens is 240 g/mol. The minimum atomic E-state index is -0.767. The van der Waals surface area contributed by atoms with Gasteiger partial charge in [-0.15, -0.1) is 0 Å². The van der Waals surface area contributed by atoms with E-state index in [0.717, 1.165) is 23.3 Å². The number of halogens is 1. The predicted molar refractivity (Wildman–Crippen MR) is 65.9 cm³/mol. The van der Waals surface area contributed by atoms with Crippen molar-refractivity contribution in [1.29, 1.82) is 0 Å². The van der Waals surface area contributed by atoms with Crippen LogP contribution >= 0.6 is 11.6 Å². The van der Waals surface area contributed by atoms with Crippen LogP contribution in [0.4, 0.5) is 0 Å². The summed E-state index contributed by atoms with van der Waals surface area (Å²) >= 11 is 6.06. The number of carbonyl (C=O) groups is 1. The van der Waals surface area contributed by atoms with Crippen LogP contribution in [0.1, 0.15) is 36.8 Å². The minimum absolute atomic E-state index is 0.150. The van der Waals surface area contributed by atoms with E-state index in [1.54, 1.807) is 0 Å². The van der Waals surface area contributed by atoms with E-state index < -0.39 is 5.97 Å². The lowest BCUT2D eigenvalue weighted by Crippen LogP contribution is -2.02. The van der Waals surface area contributed by atoms with Gasteiger partial charge < -0.3 is 9.84 Å². The van der Waals surface area contributed by atoms with E-state index in [1.807, 2.05) is 19.1 Å². The fraction of sp³-hybridized carbons (Fsp3) is 0.462. The number of hydrogen-bond donors (Lipinski definition) is 1. The predicted octanol–water partition coefficient (Wildman–Crippen LogP) is 3.24. The summed E-state index contributed by atoms with van der Waals surface area (Å²) in [7, 11) is 0. The number of hydrogen-bond acceptors (Lipinski definition) is 2. The van der Waals surface area contributed by atoms with Crippen LogP contribution in [-0.2, 0) is 11.2 Å². The van der Waals surface area contributed by atoms with Crippen LogP contribution in [0.5, 0.6) is 5.75 Å². The molecule has 1 aliphatic rings. The van der Waals surface area contributed by atoms with Crippen LogP contribution in [-0.4, -0.2) is 17.7 Å². The lowest BCUT2D eigenvalue weighted by Gasteiger charge is -2.15. The molecule has 0 spiro atoms. The van der Waals surface area contributed by atoms with E-state index in [9.17, 15) is 4.79 Å². The van der Waals surface area contributed by atoms with Gasteiger partial charge in [0, 0.05) is 17.9 Å². The van der Waals surface area contributed by atoms with E-state index in [4.69, 9.17) is 21.4 Å². The highest BCUT2D eigenvalue weighted by Gasteiger charge is 2.21. The van der Waals surface area contributed by atoms with Gasteiger partial charge in [0.1, 0.15) is 5.75 Å². The van der Waals surface area contributed by atoms with E-state index in [-0.39, 0.29) is 12.3 Å².